The highest BCUT2D eigenvalue weighted by Crippen LogP contribution is 2.18. The third kappa shape index (κ3) is 2.88. The summed E-state index contributed by atoms with van der Waals surface area (Å²) in [5.41, 5.74) is 6.73. The molecule has 0 aliphatic heterocycles. The van der Waals surface area contributed by atoms with Gasteiger partial charge in [-0.1, -0.05) is 0 Å². The molecule has 0 atom stereocenters. The zero-order valence-electron chi connectivity index (χ0n) is 10.5. The monoisotopic (exact) mass is 259 g/mol. The molecule has 0 fully saturated rings. The molecule has 5 heteroatoms. The van der Waals surface area contributed by atoms with E-state index in [9.17, 15) is 9.18 Å². The smallest absolute Gasteiger partial charge is 0.258 e. The van der Waals surface area contributed by atoms with Gasteiger partial charge in [-0.25, -0.2) is 4.39 Å². The Hall–Kier alpha value is -2.43. The van der Waals surface area contributed by atoms with Crippen LogP contribution in [0.25, 0.3) is 0 Å². The minimum Gasteiger partial charge on any atom is -0.399 e. The van der Waals surface area contributed by atoms with E-state index in [2.05, 4.69) is 4.98 Å². The number of hydrogen-bond acceptors (Lipinski definition) is 3. The zero-order chi connectivity index (χ0) is 13.8. The van der Waals surface area contributed by atoms with Crippen LogP contribution in [0.2, 0.25) is 0 Å². The number of nitrogen functional groups attached to an aromatic ring is 1. The molecule has 2 rings (SSSR count). The number of rotatable bonds is 3. The highest BCUT2D eigenvalue weighted by atomic mass is 19.1. The lowest BCUT2D eigenvalue weighted by Gasteiger charge is -2.21. The van der Waals surface area contributed by atoms with Gasteiger partial charge in [0.2, 0.25) is 0 Å². The Kier molecular flexibility index (Phi) is 3.75. The predicted molar refractivity (Wildman–Crippen MR) is 72.4 cm³/mol. The summed E-state index contributed by atoms with van der Waals surface area (Å²) in [5.74, 6) is -0.811. The molecule has 0 spiro atoms. The number of carbonyl (C=O) groups is 1. The van der Waals surface area contributed by atoms with E-state index in [1.54, 1.807) is 24.5 Å². The predicted octanol–water partition coefficient (Wildman–Crippen LogP) is 2.47. The first-order chi connectivity index (χ1) is 9.11. The second kappa shape index (κ2) is 5.48. The summed E-state index contributed by atoms with van der Waals surface area (Å²) in [6.45, 7) is 2.32. The van der Waals surface area contributed by atoms with Crippen LogP contribution in [0.5, 0.6) is 0 Å². The van der Waals surface area contributed by atoms with Crippen molar-refractivity contribution in [3.05, 3.63) is 54.1 Å². The van der Waals surface area contributed by atoms with Crippen LogP contribution in [0.3, 0.4) is 0 Å². The molecule has 1 heterocycles. The fraction of sp³-hybridized carbons (Fsp3) is 0.143. The van der Waals surface area contributed by atoms with Crippen LogP contribution in [0.1, 0.15) is 17.3 Å². The summed E-state index contributed by atoms with van der Waals surface area (Å²) in [7, 11) is 0. The van der Waals surface area contributed by atoms with Crippen molar-refractivity contribution in [2.45, 2.75) is 6.92 Å². The normalized spacial score (nSPS) is 10.2. The minimum atomic E-state index is -0.519. The van der Waals surface area contributed by atoms with E-state index in [0.29, 0.717) is 12.2 Å². The number of anilines is 2. The van der Waals surface area contributed by atoms with Crippen molar-refractivity contribution in [2.75, 3.05) is 17.2 Å². The lowest BCUT2D eigenvalue weighted by Crippen LogP contribution is -2.30. The summed E-state index contributed by atoms with van der Waals surface area (Å²) < 4.78 is 13.3. The van der Waals surface area contributed by atoms with E-state index in [4.69, 9.17) is 5.73 Å². The van der Waals surface area contributed by atoms with Crippen molar-refractivity contribution in [1.29, 1.82) is 0 Å². The molecule has 0 aliphatic rings. The van der Waals surface area contributed by atoms with Gasteiger partial charge in [-0.15, -0.1) is 0 Å². The number of hydrogen-bond donors (Lipinski definition) is 1. The zero-order valence-corrected chi connectivity index (χ0v) is 10.5. The Bertz CT molecular complexity index is 566. The van der Waals surface area contributed by atoms with Gasteiger partial charge >= 0.3 is 0 Å². The molecule has 0 radical (unpaired) electrons. The first kappa shape index (κ1) is 13.0. The van der Waals surface area contributed by atoms with Crippen LogP contribution in [-0.4, -0.2) is 17.4 Å². The third-order valence-electron chi connectivity index (χ3n) is 2.70. The van der Waals surface area contributed by atoms with Gasteiger partial charge in [-0.3, -0.25) is 9.78 Å². The standard InChI is InChI=1S/C14H14FN3O/c1-2-18(13-3-5-17-6-4-13)14(19)10-7-11(15)9-12(16)8-10/h3-9H,2,16H2,1H3. The molecular formula is C14H14FN3O. The van der Waals surface area contributed by atoms with Crippen LogP contribution < -0.4 is 10.6 Å². The van der Waals surface area contributed by atoms with Gasteiger partial charge in [0.1, 0.15) is 5.82 Å². The first-order valence-electron chi connectivity index (χ1n) is 5.89. The summed E-state index contributed by atoms with van der Waals surface area (Å²) >= 11 is 0. The number of nitrogens with zero attached hydrogens (tertiary/aromatic N) is 2. The SMILES string of the molecule is CCN(C(=O)c1cc(N)cc(F)c1)c1ccncc1. The maximum absolute atomic E-state index is 13.3. The molecule has 0 saturated carbocycles. The molecule has 0 aliphatic carbocycles. The Morgan fingerprint density at radius 2 is 2.00 bits per heavy atom. The number of aromatic nitrogens is 1. The van der Waals surface area contributed by atoms with Gasteiger partial charge < -0.3 is 10.6 Å². The van der Waals surface area contributed by atoms with E-state index in [1.807, 2.05) is 6.92 Å². The molecule has 0 bridgehead atoms. The Balaban J connectivity index is 2.36. The summed E-state index contributed by atoms with van der Waals surface area (Å²) in [6.07, 6.45) is 3.20. The maximum Gasteiger partial charge on any atom is 0.258 e. The van der Waals surface area contributed by atoms with E-state index >= 15 is 0 Å². The average Bonchev–Trinajstić information content (AvgIpc) is 2.39. The van der Waals surface area contributed by atoms with Crippen molar-refractivity contribution in [3.63, 3.8) is 0 Å². The van der Waals surface area contributed by atoms with Gasteiger partial charge in [0.05, 0.1) is 0 Å². The Morgan fingerprint density at radius 3 is 2.58 bits per heavy atom. The molecule has 0 saturated heterocycles. The molecule has 4 nitrogen and oxygen atoms in total. The van der Waals surface area contributed by atoms with Crippen LogP contribution >= 0.6 is 0 Å². The van der Waals surface area contributed by atoms with Crippen molar-refractivity contribution in [3.8, 4) is 0 Å². The summed E-state index contributed by atoms with van der Waals surface area (Å²) in [4.78, 5) is 17.8. The quantitative estimate of drug-likeness (QED) is 0.861. The van der Waals surface area contributed by atoms with E-state index in [1.165, 1.54) is 23.1 Å². The lowest BCUT2D eigenvalue weighted by atomic mass is 10.1. The van der Waals surface area contributed by atoms with Gasteiger partial charge in [0.15, 0.2) is 0 Å². The Labute approximate surface area is 110 Å². The molecule has 19 heavy (non-hydrogen) atoms. The van der Waals surface area contributed by atoms with Crippen LogP contribution in [-0.2, 0) is 0 Å². The van der Waals surface area contributed by atoms with Gasteiger partial charge in [-0.2, -0.15) is 0 Å². The van der Waals surface area contributed by atoms with E-state index in [0.717, 1.165) is 0 Å². The number of benzene rings is 1. The number of pyridine rings is 1. The van der Waals surface area contributed by atoms with Gasteiger partial charge in [0, 0.05) is 35.9 Å². The van der Waals surface area contributed by atoms with Crippen molar-refractivity contribution >= 4 is 17.3 Å². The molecule has 1 aromatic heterocycles. The first-order valence-corrected chi connectivity index (χ1v) is 5.89. The number of amides is 1. The number of carbonyl (C=O) groups excluding carboxylic acids is 1. The molecule has 2 N–H and O–H groups in total. The highest BCUT2D eigenvalue weighted by Gasteiger charge is 2.17. The van der Waals surface area contributed by atoms with Crippen molar-refractivity contribution in [2.24, 2.45) is 0 Å². The Morgan fingerprint density at radius 1 is 1.32 bits per heavy atom. The highest BCUT2D eigenvalue weighted by molar-refractivity contribution is 6.06. The van der Waals surface area contributed by atoms with Crippen molar-refractivity contribution in [1.82, 2.24) is 4.98 Å². The lowest BCUT2D eigenvalue weighted by molar-refractivity contribution is 0.0988. The van der Waals surface area contributed by atoms with E-state index < -0.39 is 5.82 Å². The largest absolute Gasteiger partial charge is 0.399 e. The average molecular weight is 259 g/mol. The molecule has 1 amide bonds. The fourth-order valence-corrected chi connectivity index (χ4v) is 1.86. The molecule has 1 aromatic carbocycles. The molecular weight excluding hydrogens is 245 g/mol. The summed E-state index contributed by atoms with van der Waals surface area (Å²) in [6, 6.07) is 7.28. The molecule has 98 valence electrons. The number of halogens is 1. The molecule has 2 aromatic rings. The third-order valence-corrected chi connectivity index (χ3v) is 2.70. The minimum absolute atomic E-state index is 0.231. The molecule has 0 unspecified atom stereocenters. The second-order valence-electron chi connectivity index (χ2n) is 4.03. The topological polar surface area (TPSA) is 59.2 Å². The van der Waals surface area contributed by atoms with Gasteiger partial charge in [0.25, 0.3) is 5.91 Å². The fourth-order valence-electron chi connectivity index (χ4n) is 1.86. The van der Waals surface area contributed by atoms with Gasteiger partial charge in [-0.05, 0) is 37.3 Å². The maximum atomic E-state index is 13.3. The van der Waals surface area contributed by atoms with E-state index in [-0.39, 0.29) is 17.2 Å². The second-order valence-corrected chi connectivity index (χ2v) is 4.03. The van der Waals surface area contributed by atoms with Crippen molar-refractivity contribution < 1.29 is 9.18 Å². The number of nitrogens with two attached hydrogens (primary N) is 1. The summed E-state index contributed by atoms with van der Waals surface area (Å²) in [5, 5.41) is 0. The van der Waals surface area contributed by atoms with Crippen LogP contribution in [0.4, 0.5) is 15.8 Å². The van der Waals surface area contributed by atoms with Crippen LogP contribution in [0.15, 0.2) is 42.7 Å². The van der Waals surface area contributed by atoms with Crippen LogP contribution in [0, 0.1) is 5.82 Å².